The van der Waals surface area contributed by atoms with Gasteiger partial charge in [0.2, 0.25) is 0 Å². The van der Waals surface area contributed by atoms with Gasteiger partial charge in [-0.05, 0) is 30.9 Å². The highest BCUT2D eigenvalue weighted by Gasteiger charge is 2.09. The number of hydrogen-bond donors (Lipinski definition) is 0. The van der Waals surface area contributed by atoms with Crippen molar-refractivity contribution in [2.75, 3.05) is 0 Å². The maximum absolute atomic E-state index is 11.7. The number of esters is 2. The molecular formula is C19H26O4. The molecule has 0 aliphatic rings. The summed E-state index contributed by atoms with van der Waals surface area (Å²) in [7, 11) is 0. The highest BCUT2D eigenvalue weighted by atomic mass is 16.5. The van der Waals surface area contributed by atoms with Gasteiger partial charge in [0, 0.05) is 12.8 Å². The molecule has 0 N–H and O–H groups in total. The second kappa shape index (κ2) is 10.6. The number of rotatable bonds is 10. The summed E-state index contributed by atoms with van der Waals surface area (Å²) in [6.45, 7) is 8.08. The molecular weight excluding hydrogens is 292 g/mol. The van der Waals surface area contributed by atoms with Crippen LogP contribution in [0.3, 0.4) is 0 Å². The predicted molar refractivity (Wildman–Crippen MR) is 89.6 cm³/mol. The van der Waals surface area contributed by atoms with E-state index in [1.807, 2.05) is 38.1 Å². The van der Waals surface area contributed by atoms with Gasteiger partial charge in [-0.1, -0.05) is 43.2 Å². The average molecular weight is 318 g/mol. The van der Waals surface area contributed by atoms with Gasteiger partial charge in [0.25, 0.3) is 0 Å². The van der Waals surface area contributed by atoms with Gasteiger partial charge in [-0.2, -0.15) is 0 Å². The molecule has 0 radical (unpaired) electrons. The van der Waals surface area contributed by atoms with Crippen molar-refractivity contribution in [3.8, 4) is 0 Å². The summed E-state index contributed by atoms with van der Waals surface area (Å²) in [6.07, 6.45) is 3.21. The van der Waals surface area contributed by atoms with Crippen molar-refractivity contribution in [3.63, 3.8) is 0 Å². The Morgan fingerprint density at radius 1 is 0.957 bits per heavy atom. The molecule has 0 aliphatic carbocycles. The van der Waals surface area contributed by atoms with E-state index in [1.54, 1.807) is 0 Å². The Bertz CT molecular complexity index is 534. The van der Waals surface area contributed by atoms with E-state index in [0.29, 0.717) is 19.3 Å². The standard InChI is InChI=1S/C19H26O4/c1-4-5-10-18(20)22-13-16-8-6-7-9-17(16)14-23-19(21)12-11-15(2)3/h6-9H,2,4-5,10-14H2,1,3H3. The van der Waals surface area contributed by atoms with Crippen molar-refractivity contribution in [2.45, 2.75) is 59.2 Å². The van der Waals surface area contributed by atoms with Gasteiger partial charge in [-0.3, -0.25) is 9.59 Å². The smallest absolute Gasteiger partial charge is 0.306 e. The Kier molecular flexibility index (Phi) is 8.73. The Labute approximate surface area is 138 Å². The minimum atomic E-state index is -0.247. The van der Waals surface area contributed by atoms with Crippen LogP contribution in [0.2, 0.25) is 0 Å². The van der Waals surface area contributed by atoms with Crippen molar-refractivity contribution < 1.29 is 19.1 Å². The van der Waals surface area contributed by atoms with Crippen LogP contribution in [0.25, 0.3) is 0 Å². The largest absolute Gasteiger partial charge is 0.461 e. The predicted octanol–water partition coefficient (Wildman–Crippen LogP) is 4.32. The molecule has 0 saturated carbocycles. The van der Waals surface area contributed by atoms with Gasteiger partial charge >= 0.3 is 11.9 Å². The molecule has 0 saturated heterocycles. The second-order valence-corrected chi connectivity index (χ2v) is 5.65. The zero-order valence-electron chi connectivity index (χ0n) is 14.1. The highest BCUT2D eigenvalue weighted by molar-refractivity contribution is 5.70. The van der Waals surface area contributed by atoms with Crippen LogP contribution in [-0.4, -0.2) is 11.9 Å². The summed E-state index contributed by atoms with van der Waals surface area (Å²) >= 11 is 0. The molecule has 4 nitrogen and oxygen atoms in total. The summed E-state index contributed by atoms with van der Waals surface area (Å²) in [5.74, 6) is -0.442. The van der Waals surface area contributed by atoms with Gasteiger partial charge in [-0.15, -0.1) is 6.58 Å². The first-order chi connectivity index (χ1) is 11.0. The summed E-state index contributed by atoms with van der Waals surface area (Å²) in [4.78, 5) is 23.3. The number of allylic oxidation sites excluding steroid dienone is 1. The third kappa shape index (κ3) is 8.19. The van der Waals surface area contributed by atoms with Gasteiger partial charge in [0.1, 0.15) is 13.2 Å². The SMILES string of the molecule is C=C(C)CCC(=O)OCc1ccccc1COC(=O)CCCC. The Morgan fingerprint density at radius 2 is 1.48 bits per heavy atom. The van der Waals surface area contributed by atoms with Gasteiger partial charge in [0.05, 0.1) is 0 Å². The van der Waals surface area contributed by atoms with E-state index in [0.717, 1.165) is 29.5 Å². The van der Waals surface area contributed by atoms with Crippen LogP contribution in [0.15, 0.2) is 36.4 Å². The second-order valence-electron chi connectivity index (χ2n) is 5.65. The van der Waals surface area contributed by atoms with Crippen LogP contribution in [0.4, 0.5) is 0 Å². The van der Waals surface area contributed by atoms with Crippen molar-refractivity contribution in [3.05, 3.63) is 47.5 Å². The number of hydrogen-bond acceptors (Lipinski definition) is 4. The molecule has 1 rings (SSSR count). The molecule has 0 aromatic heterocycles. The molecule has 0 bridgehead atoms. The Balaban J connectivity index is 2.48. The third-order valence-electron chi connectivity index (χ3n) is 3.39. The van der Waals surface area contributed by atoms with Crippen LogP contribution in [-0.2, 0) is 32.3 Å². The van der Waals surface area contributed by atoms with E-state index in [-0.39, 0.29) is 25.2 Å². The zero-order valence-corrected chi connectivity index (χ0v) is 14.1. The minimum Gasteiger partial charge on any atom is -0.461 e. The fourth-order valence-corrected chi connectivity index (χ4v) is 1.94. The van der Waals surface area contributed by atoms with E-state index < -0.39 is 0 Å². The molecule has 0 amide bonds. The molecule has 0 spiro atoms. The molecule has 1 aromatic rings. The first-order valence-corrected chi connectivity index (χ1v) is 8.05. The monoisotopic (exact) mass is 318 g/mol. The van der Waals surface area contributed by atoms with Crippen molar-refractivity contribution in [1.82, 2.24) is 0 Å². The van der Waals surface area contributed by atoms with E-state index in [1.165, 1.54) is 0 Å². The summed E-state index contributed by atoms with van der Waals surface area (Å²) in [5, 5.41) is 0. The molecule has 23 heavy (non-hydrogen) atoms. The maximum Gasteiger partial charge on any atom is 0.306 e. The average Bonchev–Trinajstić information content (AvgIpc) is 2.54. The number of ether oxygens (including phenoxy) is 2. The van der Waals surface area contributed by atoms with Crippen molar-refractivity contribution in [2.24, 2.45) is 0 Å². The van der Waals surface area contributed by atoms with Crippen LogP contribution < -0.4 is 0 Å². The molecule has 0 aliphatic heterocycles. The summed E-state index contributed by atoms with van der Waals surface area (Å²) in [5.41, 5.74) is 2.69. The lowest BCUT2D eigenvalue weighted by Crippen LogP contribution is -2.08. The molecule has 0 unspecified atom stereocenters. The Hall–Kier alpha value is -2.10. The maximum atomic E-state index is 11.7. The lowest BCUT2D eigenvalue weighted by molar-refractivity contribution is -0.146. The number of carbonyl (C=O) groups is 2. The minimum absolute atomic E-state index is 0.192. The van der Waals surface area contributed by atoms with Crippen LogP contribution in [0.5, 0.6) is 0 Å². The number of unbranched alkanes of at least 4 members (excludes halogenated alkanes) is 1. The Morgan fingerprint density at radius 3 is 1.96 bits per heavy atom. The summed E-state index contributed by atoms with van der Waals surface area (Å²) in [6, 6.07) is 7.51. The lowest BCUT2D eigenvalue weighted by Gasteiger charge is -2.11. The lowest BCUT2D eigenvalue weighted by atomic mass is 10.1. The first-order valence-electron chi connectivity index (χ1n) is 8.05. The van der Waals surface area contributed by atoms with Gasteiger partial charge in [-0.25, -0.2) is 0 Å². The van der Waals surface area contributed by atoms with Gasteiger partial charge < -0.3 is 9.47 Å². The number of benzene rings is 1. The number of carbonyl (C=O) groups excluding carboxylic acids is 2. The topological polar surface area (TPSA) is 52.6 Å². The van der Waals surface area contributed by atoms with Crippen LogP contribution in [0, 0.1) is 0 Å². The molecule has 0 atom stereocenters. The third-order valence-corrected chi connectivity index (χ3v) is 3.39. The van der Waals surface area contributed by atoms with Crippen molar-refractivity contribution >= 4 is 11.9 Å². The molecule has 4 heteroatoms. The van der Waals surface area contributed by atoms with Gasteiger partial charge in [0.15, 0.2) is 0 Å². The van der Waals surface area contributed by atoms with Crippen LogP contribution in [0.1, 0.15) is 57.1 Å². The fraction of sp³-hybridized carbons (Fsp3) is 0.474. The molecule has 126 valence electrons. The van der Waals surface area contributed by atoms with E-state index in [4.69, 9.17) is 9.47 Å². The molecule has 0 heterocycles. The van der Waals surface area contributed by atoms with E-state index in [9.17, 15) is 9.59 Å². The molecule has 1 aromatic carbocycles. The summed E-state index contributed by atoms with van der Waals surface area (Å²) < 4.78 is 10.5. The highest BCUT2D eigenvalue weighted by Crippen LogP contribution is 2.13. The van der Waals surface area contributed by atoms with E-state index >= 15 is 0 Å². The van der Waals surface area contributed by atoms with Crippen LogP contribution >= 0.6 is 0 Å². The first kappa shape index (κ1) is 18.9. The quantitative estimate of drug-likeness (QED) is 0.476. The zero-order chi connectivity index (χ0) is 17.1. The fourth-order valence-electron chi connectivity index (χ4n) is 1.94. The molecule has 0 fully saturated rings. The van der Waals surface area contributed by atoms with E-state index in [2.05, 4.69) is 6.58 Å². The van der Waals surface area contributed by atoms with Crippen molar-refractivity contribution in [1.29, 1.82) is 0 Å². The normalized spacial score (nSPS) is 10.2.